The number of ether oxygens (including phenoxy) is 1. The topological polar surface area (TPSA) is 78.5 Å². The first kappa shape index (κ1) is 16.7. The second kappa shape index (κ2) is 6.04. The smallest absolute Gasteiger partial charge is 0.434 e. The summed E-state index contributed by atoms with van der Waals surface area (Å²) in [4.78, 5) is 27.2. The van der Waals surface area contributed by atoms with Gasteiger partial charge in [-0.15, -0.1) is 0 Å². The number of pyridine rings is 1. The van der Waals surface area contributed by atoms with Gasteiger partial charge in [-0.25, -0.2) is 19.3 Å². The van der Waals surface area contributed by atoms with Gasteiger partial charge in [0, 0.05) is 12.4 Å². The fraction of sp³-hybridized carbons (Fsp3) is 0.200. The molecule has 0 saturated carbocycles. The van der Waals surface area contributed by atoms with Crippen LogP contribution in [0.25, 0.3) is 11.2 Å². The minimum atomic E-state index is -4.86. The number of aromatic nitrogens is 4. The Kier molecular flexibility index (Phi) is 4.03. The molecule has 0 radical (unpaired) electrons. The first-order valence-corrected chi connectivity index (χ1v) is 7.13. The lowest BCUT2D eigenvalue weighted by molar-refractivity contribution is -0.143. The van der Waals surface area contributed by atoms with E-state index in [9.17, 15) is 22.8 Å². The van der Waals surface area contributed by atoms with Gasteiger partial charge < -0.3 is 4.74 Å². The van der Waals surface area contributed by atoms with Gasteiger partial charge in [-0.2, -0.15) is 18.3 Å². The molecule has 7 nitrogen and oxygen atoms in total. The third kappa shape index (κ3) is 2.86. The summed E-state index contributed by atoms with van der Waals surface area (Å²) in [5, 5.41) is 3.70. The summed E-state index contributed by atoms with van der Waals surface area (Å²) in [7, 11) is 0. The quantitative estimate of drug-likeness (QED) is 0.675. The van der Waals surface area contributed by atoms with Gasteiger partial charge in [-0.05, 0) is 25.1 Å². The van der Waals surface area contributed by atoms with Gasteiger partial charge in [0.05, 0.1) is 24.0 Å². The third-order valence-electron chi connectivity index (χ3n) is 3.40. The molecule has 0 fully saturated rings. The fourth-order valence-electron chi connectivity index (χ4n) is 2.42. The second-order valence-electron chi connectivity index (χ2n) is 4.91. The molecule has 0 atom stereocenters. The summed E-state index contributed by atoms with van der Waals surface area (Å²) in [6, 6.07) is 4.12. The van der Waals surface area contributed by atoms with Crippen LogP contribution in [0.15, 0.2) is 41.6 Å². The molecule has 0 aliphatic carbocycles. The van der Waals surface area contributed by atoms with Crippen LogP contribution in [-0.2, 0) is 10.9 Å². The number of esters is 1. The van der Waals surface area contributed by atoms with Crippen LogP contribution >= 0.6 is 0 Å². The molecule has 0 spiro atoms. The van der Waals surface area contributed by atoms with Crippen LogP contribution in [0.2, 0.25) is 0 Å². The molecule has 10 heteroatoms. The Morgan fingerprint density at radius 2 is 2.08 bits per heavy atom. The zero-order valence-corrected chi connectivity index (χ0v) is 12.8. The molecule has 0 unspecified atom stereocenters. The molecule has 3 heterocycles. The Balaban J connectivity index is 2.31. The molecule has 3 rings (SSSR count). The monoisotopic (exact) mass is 352 g/mol. The number of fused-ring (bicyclic) bond motifs is 1. The maximum absolute atomic E-state index is 13.6. The number of hydrogen-bond donors (Lipinski definition) is 0. The summed E-state index contributed by atoms with van der Waals surface area (Å²) in [6.45, 7) is 1.41. The van der Waals surface area contributed by atoms with Crippen LogP contribution in [0, 0.1) is 0 Å². The zero-order chi connectivity index (χ0) is 18.2. The molecule has 0 aliphatic heterocycles. The maximum atomic E-state index is 13.6. The van der Waals surface area contributed by atoms with E-state index in [0.29, 0.717) is 4.68 Å². The molecular weight excluding hydrogens is 341 g/mol. The molecule has 0 saturated heterocycles. The van der Waals surface area contributed by atoms with E-state index in [2.05, 4.69) is 14.8 Å². The number of carbonyl (C=O) groups is 1. The van der Waals surface area contributed by atoms with E-state index in [1.165, 1.54) is 37.5 Å². The van der Waals surface area contributed by atoms with E-state index < -0.39 is 29.1 Å². The van der Waals surface area contributed by atoms with Gasteiger partial charge in [0.25, 0.3) is 0 Å². The fourth-order valence-corrected chi connectivity index (χ4v) is 2.42. The Morgan fingerprint density at radius 1 is 1.32 bits per heavy atom. The van der Waals surface area contributed by atoms with Gasteiger partial charge in [-0.1, -0.05) is 0 Å². The number of rotatable bonds is 3. The van der Waals surface area contributed by atoms with Gasteiger partial charge in [0.2, 0.25) is 0 Å². The predicted molar refractivity (Wildman–Crippen MR) is 79.5 cm³/mol. The lowest BCUT2D eigenvalue weighted by Gasteiger charge is -2.14. The molecule has 0 aromatic carbocycles. The van der Waals surface area contributed by atoms with E-state index in [0.717, 1.165) is 10.6 Å². The minimum absolute atomic E-state index is 0.0233. The molecule has 130 valence electrons. The van der Waals surface area contributed by atoms with Crippen LogP contribution in [0.4, 0.5) is 13.2 Å². The van der Waals surface area contributed by atoms with Crippen molar-refractivity contribution in [3.8, 4) is 5.69 Å². The minimum Gasteiger partial charge on any atom is -0.462 e. The number of halogens is 3. The van der Waals surface area contributed by atoms with Crippen molar-refractivity contribution < 1.29 is 22.7 Å². The van der Waals surface area contributed by atoms with Crippen LogP contribution < -0.4 is 5.69 Å². The molecule has 0 N–H and O–H groups in total. The zero-order valence-electron chi connectivity index (χ0n) is 12.8. The number of carbonyl (C=O) groups excluding carboxylic acids is 1. The Labute approximate surface area is 138 Å². The van der Waals surface area contributed by atoms with Crippen molar-refractivity contribution in [1.29, 1.82) is 0 Å². The van der Waals surface area contributed by atoms with E-state index in [4.69, 9.17) is 0 Å². The third-order valence-corrected chi connectivity index (χ3v) is 3.40. The highest BCUT2D eigenvalue weighted by atomic mass is 19.4. The first-order valence-electron chi connectivity index (χ1n) is 7.13. The summed E-state index contributed by atoms with van der Waals surface area (Å²) in [6.07, 6.45) is -1.51. The van der Waals surface area contributed by atoms with E-state index >= 15 is 0 Å². The normalized spacial score (nSPS) is 11.7. The Hall–Kier alpha value is -3.17. The Morgan fingerprint density at radius 3 is 2.76 bits per heavy atom. The van der Waals surface area contributed by atoms with Gasteiger partial charge in [0.15, 0.2) is 5.69 Å². The van der Waals surface area contributed by atoms with Crippen molar-refractivity contribution in [2.75, 3.05) is 6.61 Å². The lowest BCUT2D eigenvalue weighted by Crippen LogP contribution is -2.21. The highest BCUT2D eigenvalue weighted by Gasteiger charge is 2.41. The van der Waals surface area contributed by atoms with Crippen molar-refractivity contribution in [1.82, 2.24) is 19.2 Å². The maximum Gasteiger partial charge on any atom is 0.434 e. The van der Waals surface area contributed by atoms with Crippen molar-refractivity contribution in [3.63, 3.8) is 0 Å². The van der Waals surface area contributed by atoms with Gasteiger partial charge in [-0.3, -0.25) is 4.40 Å². The lowest BCUT2D eigenvalue weighted by atomic mass is 10.2. The van der Waals surface area contributed by atoms with Crippen molar-refractivity contribution in [3.05, 3.63) is 58.5 Å². The van der Waals surface area contributed by atoms with Crippen LogP contribution in [0.3, 0.4) is 0 Å². The molecule has 3 aromatic heterocycles. The van der Waals surface area contributed by atoms with Crippen molar-refractivity contribution >= 4 is 11.5 Å². The molecule has 0 bridgehead atoms. The van der Waals surface area contributed by atoms with Crippen LogP contribution in [-0.4, -0.2) is 31.7 Å². The van der Waals surface area contributed by atoms with Crippen LogP contribution in [0.5, 0.6) is 0 Å². The van der Waals surface area contributed by atoms with E-state index in [-0.39, 0.29) is 17.8 Å². The van der Waals surface area contributed by atoms with Crippen molar-refractivity contribution in [2.45, 2.75) is 13.1 Å². The van der Waals surface area contributed by atoms with E-state index in [1.807, 2.05) is 0 Å². The predicted octanol–water partition coefficient (Wildman–Crippen LogP) is 2.08. The standard InChI is InChI=1S/C15H11F3N4O3/c1-2-25-13(23)9-8-20-22(12(9)15(16,17)18)11-4-3-7-21-10(11)5-6-19-14(21)24/h3-8H,2H2,1H3. The molecular formula is C15H11F3N4O3. The average Bonchev–Trinajstić information content (AvgIpc) is 3.00. The number of hydrogen-bond acceptors (Lipinski definition) is 5. The SMILES string of the molecule is CCOC(=O)c1cnn(-c2cccn3c(=O)nccc23)c1C(F)(F)F. The summed E-state index contributed by atoms with van der Waals surface area (Å²) >= 11 is 0. The van der Waals surface area contributed by atoms with Crippen molar-refractivity contribution in [2.24, 2.45) is 0 Å². The largest absolute Gasteiger partial charge is 0.462 e. The number of alkyl halides is 3. The summed E-state index contributed by atoms with van der Waals surface area (Å²) in [5.41, 5.74) is -2.49. The molecule has 0 amide bonds. The van der Waals surface area contributed by atoms with Crippen LogP contribution in [0.1, 0.15) is 23.0 Å². The molecule has 25 heavy (non-hydrogen) atoms. The summed E-state index contributed by atoms with van der Waals surface area (Å²) in [5.74, 6) is -1.12. The molecule has 0 aliphatic rings. The second-order valence-corrected chi connectivity index (χ2v) is 4.91. The summed E-state index contributed by atoms with van der Waals surface area (Å²) < 4.78 is 47.0. The van der Waals surface area contributed by atoms with E-state index in [1.54, 1.807) is 0 Å². The Bertz CT molecular complexity index is 1010. The highest BCUT2D eigenvalue weighted by Crippen LogP contribution is 2.34. The number of nitrogens with zero attached hydrogens (tertiary/aromatic N) is 4. The van der Waals surface area contributed by atoms with Gasteiger partial charge in [0.1, 0.15) is 5.56 Å². The molecule has 3 aromatic rings. The van der Waals surface area contributed by atoms with Gasteiger partial charge >= 0.3 is 17.8 Å². The highest BCUT2D eigenvalue weighted by molar-refractivity contribution is 5.91. The average molecular weight is 352 g/mol. The first-order chi connectivity index (χ1) is 11.8.